The fourth-order valence-corrected chi connectivity index (χ4v) is 3.35. The minimum Gasteiger partial charge on any atom is -0.449 e. The maximum absolute atomic E-state index is 12.2. The molecule has 7 nitrogen and oxygen atoms in total. The Morgan fingerprint density at radius 3 is 2.33 bits per heavy atom. The van der Waals surface area contributed by atoms with Crippen molar-refractivity contribution in [2.24, 2.45) is 0 Å². The molecule has 1 amide bonds. The van der Waals surface area contributed by atoms with Gasteiger partial charge in [0.25, 0.3) is 5.91 Å². The van der Waals surface area contributed by atoms with E-state index in [0.717, 1.165) is 0 Å². The first-order valence-corrected chi connectivity index (χ1v) is 9.97. The molecule has 0 saturated carbocycles. The molecule has 0 spiro atoms. The van der Waals surface area contributed by atoms with Crippen molar-refractivity contribution in [1.29, 1.82) is 0 Å². The van der Waals surface area contributed by atoms with Gasteiger partial charge in [-0.1, -0.05) is 30.7 Å². The molecule has 0 aliphatic rings. The number of nitrogens with one attached hydrogen (secondary N) is 2. The number of carbonyl (C=O) groups excluding carboxylic acids is 2. The van der Waals surface area contributed by atoms with Crippen LogP contribution in [-0.4, -0.2) is 32.9 Å². The predicted molar refractivity (Wildman–Crippen MR) is 102 cm³/mol. The van der Waals surface area contributed by atoms with Crippen molar-refractivity contribution in [1.82, 2.24) is 4.72 Å². The minimum atomic E-state index is -3.61. The van der Waals surface area contributed by atoms with Crippen molar-refractivity contribution >= 4 is 39.2 Å². The van der Waals surface area contributed by atoms with Crippen LogP contribution in [-0.2, 0) is 19.6 Å². The van der Waals surface area contributed by atoms with Gasteiger partial charge >= 0.3 is 5.97 Å². The van der Waals surface area contributed by atoms with Crippen molar-refractivity contribution in [2.45, 2.75) is 24.8 Å². The Hall–Kier alpha value is -2.42. The number of rotatable bonds is 7. The summed E-state index contributed by atoms with van der Waals surface area (Å²) in [6.07, 6.45) is -1.07. The van der Waals surface area contributed by atoms with Crippen LogP contribution in [0.15, 0.2) is 53.4 Å². The summed E-state index contributed by atoms with van der Waals surface area (Å²) in [5.41, 5.74) is 0.535. The second kappa shape index (κ2) is 8.98. The highest BCUT2D eigenvalue weighted by Crippen LogP contribution is 2.21. The van der Waals surface area contributed by atoms with E-state index in [2.05, 4.69) is 10.0 Å². The molecule has 9 heteroatoms. The van der Waals surface area contributed by atoms with E-state index < -0.39 is 28.0 Å². The summed E-state index contributed by atoms with van der Waals surface area (Å²) in [6.45, 7) is 3.34. The molecule has 2 aromatic carbocycles. The number of hydrogen-bond acceptors (Lipinski definition) is 5. The zero-order valence-corrected chi connectivity index (χ0v) is 16.3. The molecule has 0 aliphatic heterocycles. The first-order valence-electron chi connectivity index (χ1n) is 8.10. The number of para-hydroxylation sites is 1. The lowest BCUT2D eigenvalue weighted by Crippen LogP contribution is -2.30. The molecule has 0 unspecified atom stereocenters. The third-order valence-electron chi connectivity index (χ3n) is 3.52. The fraction of sp³-hybridized carbons (Fsp3) is 0.222. The van der Waals surface area contributed by atoms with Gasteiger partial charge in [-0.25, -0.2) is 17.9 Å². The number of ether oxygens (including phenoxy) is 1. The molecule has 2 N–H and O–H groups in total. The van der Waals surface area contributed by atoms with Crippen LogP contribution < -0.4 is 10.0 Å². The highest BCUT2D eigenvalue weighted by Gasteiger charge is 2.20. The van der Waals surface area contributed by atoms with Crippen molar-refractivity contribution in [3.05, 3.63) is 59.1 Å². The number of benzene rings is 2. The molecule has 0 bridgehead atoms. The van der Waals surface area contributed by atoms with Crippen LogP contribution in [0.5, 0.6) is 0 Å². The van der Waals surface area contributed by atoms with E-state index in [0.29, 0.717) is 10.7 Å². The third kappa shape index (κ3) is 5.53. The molecule has 2 aromatic rings. The molecule has 0 aliphatic carbocycles. The Morgan fingerprint density at radius 1 is 1.11 bits per heavy atom. The first kappa shape index (κ1) is 20.9. The quantitative estimate of drug-likeness (QED) is 0.683. The first-order chi connectivity index (χ1) is 12.7. The molecule has 0 saturated heterocycles. The van der Waals surface area contributed by atoms with Gasteiger partial charge in [0.2, 0.25) is 10.0 Å². The summed E-state index contributed by atoms with van der Waals surface area (Å²) in [4.78, 5) is 24.4. The molecular weight excluding hydrogens is 392 g/mol. The van der Waals surface area contributed by atoms with Gasteiger partial charge in [0.15, 0.2) is 6.10 Å². The Morgan fingerprint density at radius 2 is 1.74 bits per heavy atom. The second-order valence-corrected chi connectivity index (χ2v) is 7.72. The van der Waals surface area contributed by atoms with Crippen molar-refractivity contribution in [2.75, 3.05) is 11.9 Å². The molecular formula is C18H19ClN2O5S. The number of amides is 1. The SMILES string of the molecule is CCNS(=O)(=O)c1ccc(C(=O)O[C@@H](C)C(=O)Nc2ccccc2Cl)cc1. The van der Waals surface area contributed by atoms with Gasteiger partial charge in [-0.15, -0.1) is 0 Å². The third-order valence-corrected chi connectivity index (χ3v) is 5.41. The van der Waals surface area contributed by atoms with E-state index in [-0.39, 0.29) is 17.0 Å². The second-order valence-electron chi connectivity index (χ2n) is 5.54. The predicted octanol–water partition coefficient (Wildman–Crippen LogP) is 2.82. The topological polar surface area (TPSA) is 102 Å². The minimum absolute atomic E-state index is 0.0328. The summed E-state index contributed by atoms with van der Waals surface area (Å²) in [7, 11) is -3.61. The molecule has 0 heterocycles. The molecule has 0 aromatic heterocycles. The van der Waals surface area contributed by atoms with Crippen LogP contribution in [0.2, 0.25) is 5.02 Å². The zero-order chi connectivity index (χ0) is 20.0. The molecule has 1 atom stereocenters. The fourth-order valence-electron chi connectivity index (χ4n) is 2.12. The average molecular weight is 411 g/mol. The number of anilines is 1. The number of carbonyl (C=O) groups is 2. The van der Waals surface area contributed by atoms with Gasteiger partial charge in [0.05, 0.1) is 21.2 Å². The largest absolute Gasteiger partial charge is 0.449 e. The lowest BCUT2D eigenvalue weighted by atomic mass is 10.2. The highest BCUT2D eigenvalue weighted by molar-refractivity contribution is 7.89. The Bertz CT molecular complexity index is 929. The summed E-state index contributed by atoms with van der Waals surface area (Å²) < 4.78 is 31.3. The van der Waals surface area contributed by atoms with Gasteiger partial charge in [0, 0.05) is 6.54 Å². The number of halogens is 1. The maximum Gasteiger partial charge on any atom is 0.338 e. The molecule has 2 rings (SSSR count). The summed E-state index contributed by atoms with van der Waals surface area (Å²) >= 11 is 5.97. The molecule has 0 fully saturated rings. The van der Waals surface area contributed by atoms with E-state index in [9.17, 15) is 18.0 Å². The maximum atomic E-state index is 12.2. The summed E-state index contributed by atoms with van der Waals surface area (Å²) in [5.74, 6) is -1.29. The Labute approximate surface area is 162 Å². The van der Waals surface area contributed by atoms with E-state index in [1.165, 1.54) is 31.2 Å². The number of esters is 1. The van der Waals surface area contributed by atoms with Crippen LogP contribution in [0.3, 0.4) is 0 Å². The number of sulfonamides is 1. The van der Waals surface area contributed by atoms with E-state index in [4.69, 9.17) is 16.3 Å². The normalized spacial score (nSPS) is 12.3. The Balaban J connectivity index is 2.01. The van der Waals surface area contributed by atoms with Gasteiger partial charge in [-0.05, 0) is 43.3 Å². The van der Waals surface area contributed by atoms with Crippen LogP contribution >= 0.6 is 11.6 Å². The monoisotopic (exact) mass is 410 g/mol. The molecule has 0 radical (unpaired) electrons. The Kier molecular flexibility index (Phi) is 6.95. The number of hydrogen-bond donors (Lipinski definition) is 2. The van der Waals surface area contributed by atoms with Crippen LogP contribution in [0.1, 0.15) is 24.2 Å². The van der Waals surface area contributed by atoms with Crippen LogP contribution in [0.4, 0.5) is 5.69 Å². The average Bonchev–Trinajstić information content (AvgIpc) is 2.63. The van der Waals surface area contributed by atoms with Gasteiger partial charge in [0.1, 0.15) is 0 Å². The lowest BCUT2D eigenvalue weighted by Gasteiger charge is -2.14. The van der Waals surface area contributed by atoms with Crippen LogP contribution in [0, 0.1) is 0 Å². The van der Waals surface area contributed by atoms with E-state index >= 15 is 0 Å². The van der Waals surface area contributed by atoms with E-state index in [1.807, 2.05) is 0 Å². The summed E-state index contributed by atoms with van der Waals surface area (Å²) in [6, 6.07) is 11.9. The van der Waals surface area contributed by atoms with Crippen molar-refractivity contribution in [3.63, 3.8) is 0 Å². The van der Waals surface area contributed by atoms with Gasteiger partial charge in [-0.2, -0.15) is 0 Å². The van der Waals surface area contributed by atoms with Gasteiger partial charge in [-0.3, -0.25) is 4.79 Å². The molecule has 27 heavy (non-hydrogen) atoms. The standard InChI is InChI=1S/C18H19ClN2O5S/c1-3-20-27(24,25)14-10-8-13(9-11-14)18(23)26-12(2)17(22)21-16-7-5-4-6-15(16)19/h4-12,20H,3H2,1-2H3,(H,21,22)/t12-/m0/s1. The van der Waals surface area contributed by atoms with Crippen LogP contribution in [0.25, 0.3) is 0 Å². The smallest absolute Gasteiger partial charge is 0.338 e. The van der Waals surface area contributed by atoms with Crippen molar-refractivity contribution in [3.8, 4) is 0 Å². The summed E-state index contributed by atoms with van der Waals surface area (Å²) in [5, 5.41) is 2.94. The highest BCUT2D eigenvalue weighted by atomic mass is 35.5. The zero-order valence-electron chi connectivity index (χ0n) is 14.7. The van der Waals surface area contributed by atoms with Crippen molar-refractivity contribution < 1.29 is 22.7 Å². The lowest BCUT2D eigenvalue weighted by molar-refractivity contribution is -0.123. The van der Waals surface area contributed by atoms with Gasteiger partial charge < -0.3 is 10.1 Å². The van der Waals surface area contributed by atoms with E-state index in [1.54, 1.807) is 31.2 Å². The molecule has 144 valence electrons.